The second-order valence-electron chi connectivity index (χ2n) is 3.45. The summed E-state index contributed by atoms with van der Waals surface area (Å²) >= 11 is 0. The van der Waals surface area contributed by atoms with E-state index >= 15 is 0 Å². The van der Waals surface area contributed by atoms with Crippen molar-refractivity contribution >= 4 is 11.7 Å². The first-order valence-corrected chi connectivity index (χ1v) is 5.15. The van der Waals surface area contributed by atoms with Crippen LogP contribution in [-0.4, -0.2) is 33.8 Å². The lowest BCUT2D eigenvalue weighted by Gasteiger charge is -2.13. The number of methoxy groups -OCH3 is 3. The van der Waals surface area contributed by atoms with Crippen molar-refractivity contribution in [1.29, 1.82) is 0 Å². The van der Waals surface area contributed by atoms with E-state index in [-0.39, 0.29) is 12.5 Å². The van der Waals surface area contributed by atoms with Gasteiger partial charge in [-0.3, -0.25) is 4.79 Å². The van der Waals surface area contributed by atoms with E-state index in [2.05, 4.69) is 10.1 Å². The van der Waals surface area contributed by atoms with Crippen molar-refractivity contribution in [3.8, 4) is 11.5 Å². The molecule has 1 aromatic rings. The number of carbonyl (C=O) groups excluding carboxylic acids is 1. The highest BCUT2D eigenvalue weighted by molar-refractivity contribution is 5.75. The van der Waals surface area contributed by atoms with E-state index in [9.17, 15) is 4.79 Å². The monoisotopic (exact) mass is 239 g/mol. The minimum Gasteiger partial charge on any atom is -0.493 e. The number of anilines is 1. The van der Waals surface area contributed by atoms with Crippen LogP contribution in [0.1, 0.15) is 5.56 Å². The Morgan fingerprint density at radius 3 is 2.29 bits per heavy atom. The quantitative estimate of drug-likeness (QED) is 0.791. The van der Waals surface area contributed by atoms with Gasteiger partial charge in [0.05, 0.1) is 21.3 Å². The summed E-state index contributed by atoms with van der Waals surface area (Å²) in [4.78, 5) is 11.0. The third kappa shape index (κ3) is 3.27. The smallest absolute Gasteiger partial charge is 0.325 e. The number of benzene rings is 1. The highest BCUT2D eigenvalue weighted by atomic mass is 16.5. The molecule has 1 aromatic carbocycles. The van der Waals surface area contributed by atoms with Crippen LogP contribution in [0.25, 0.3) is 0 Å². The van der Waals surface area contributed by atoms with Crippen LogP contribution in [0.3, 0.4) is 0 Å². The molecule has 0 fully saturated rings. The van der Waals surface area contributed by atoms with E-state index in [1.165, 1.54) is 7.11 Å². The van der Waals surface area contributed by atoms with Gasteiger partial charge in [0.2, 0.25) is 0 Å². The second-order valence-corrected chi connectivity index (χ2v) is 3.45. The SMILES string of the molecule is COC(=O)CNc1cc(OC)c(OC)cc1C. The normalized spacial score (nSPS) is 9.65. The van der Waals surface area contributed by atoms with Crippen molar-refractivity contribution in [1.82, 2.24) is 0 Å². The van der Waals surface area contributed by atoms with Crippen molar-refractivity contribution in [3.63, 3.8) is 0 Å². The fourth-order valence-electron chi connectivity index (χ4n) is 1.41. The van der Waals surface area contributed by atoms with Crippen LogP contribution >= 0.6 is 0 Å². The number of aryl methyl sites for hydroxylation is 1. The first-order valence-electron chi connectivity index (χ1n) is 5.15. The van der Waals surface area contributed by atoms with Gasteiger partial charge < -0.3 is 19.5 Å². The van der Waals surface area contributed by atoms with Crippen molar-refractivity contribution < 1.29 is 19.0 Å². The average molecular weight is 239 g/mol. The summed E-state index contributed by atoms with van der Waals surface area (Å²) in [6.07, 6.45) is 0. The summed E-state index contributed by atoms with van der Waals surface area (Å²) in [5.74, 6) is 0.957. The third-order valence-electron chi connectivity index (χ3n) is 2.38. The van der Waals surface area contributed by atoms with E-state index in [4.69, 9.17) is 9.47 Å². The first-order chi connectivity index (χ1) is 8.12. The molecule has 0 amide bonds. The number of ether oxygens (including phenoxy) is 3. The fourth-order valence-corrected chi connectivity index (χ4v) is 1.41. The van der Waals surface area contributed by atoms with Crippen molar-refractivity contribution in [2.45, 2.75) is 6.92 Å². The maximum absolute atomic E-state index is 11.0. The molecule has 0 aliphatic heterocycles. The zero-order chi connectivity index (χ0) is 12.8. The Balaban J connectivity index is 2.89. The lowest BCUT2D eigenvalue weighted by Crippen LogP contribution is -2.15. The Bertz CT molecular complexity index is 404. The van der Waals surface area contributed by atoms with Crippen LogP contribution in [0.5, 0.6) is 11.5 Å². The molecular weight excluding hydrogens is 222 g/mol. The summed E-state index contributed by atoms with van der Waals surface area (Å²) in [6.45, 7) is 2.04. The fraction of sp³-hybridized carbons (Fsp3) is 0.417. The van der Waals surface area contributed by atoms with Crippen LogP contribution in [0.4, 0.5) is 5.69 Å². The van der Waals surface area contributed by atoms with E-state index < -0.39 is 0 Å². The lowest BCUT2D eigenvalue weighted by molar-refractivity contribution is -0.138. The zero-order valence-electron chi connectivity index (χ0n) is 10.5. The summed E-state index contributed by atoms with van der Waals surface area (Å²) in [5.41, 5.74) is 1.78. The predicted molar refractivity (Wildman–Crippen MR) is 64.8 cm³/mol. The van der Waals surface area contributed by atoms with Gasteiger partial charge in [0.25, 0.3) is 0 Å². The molecule has 1 N–H and O–H groups in total. The predicted octanol–water partition coefficient (Wildman–Crippen LogP) is 1.60. The minimum atomic E-state index is -0.320. The van der Waals surface area contributed by atoms with Gasteiger partial charge >= 0.3 is 5.97 Å². The van der Waals surface area contributed by atoms with Crippen molar-refractivity contribution in [3.05, 3.63) is 17.7 Å². The summed E-state index contributed by atoms with van der Waals surface area (Å²) in [5, 5.41) is 2.98. The summed E-state index contributed by atoms with van der Waals surface area (Å²) < 4.78 is 14.9. The maximum atomic E-state index is 11.0. The van der Waals surface area contributed by atoms with Gasteiger partial charge in [0, 0.05) is 11.8 Å². The maximum Gasteiger partial charge on any atom is 0.325 e. The average Bonchev–Trinajstić information content (AvgIpc) is 2.36. The highest BCUT2D eigenvalue weighted by Crippen LogP contribution is 2.32. The molecule has 0 aliphatic carbocycles. The largest absolute Gasteiger partial charge is 0.493 e. The third-order valence-corrected chi connectivity index (χ3v) is 2.38. The number of esters is 1. The van der Waals surface area contributed by atoms with Gasteiger partial charge in [-0.1, -0.05) is 0 Å². The molecule has 5 nitrogen and oxygen atoms in total. The van der Waals surface area contributed by atoms with Gasteiger partial charge in [-0.05, 0) is 18.6 Å². The van der Waals surface area contributed by atoms with Gasteiger partial charge in [-0.25, -0.2) is 0 Å². The van der Waals surface area contributed by atoms with Crippen LogP contribution < -0.4 is 14.8 Å². The van der Waals surface area contributed by atoms with Gasteiger partial charge in [0.15, 0.2) is 11.5 Å². The van der Waals surface area contributed by atoms with Gasteiger partial charge in [-0.2, -0.15) is 0 Å². The minimum absolute atomic E-state index is 0.118. The van der Waals surface area contributed by atoms with E-state index in [1.54, 1.807) is 20.3 Å². The molecule has 0 saturated heterocycles. The van der Waals surface area contributed by atoms with Crippen LogP contribution in [0.15, 0.2) is 12.1 Å². The van der Waals surface area contributed by atoms with Crippen molar-refractivity contribution in [2.75, 3.05) is 33.2 Å². The Hall–Kier alpha value is -1.91. The van der Waals surface area contributed by atoms with E-state index in [1.807, 2.05) is 13.0 Å². The van der Waals surface area contributed by atoms with Crippen LogP contribution in [0.2, 0.25) is 0 Å². The molecule has 0 bridgehead atoms. The van der Waals surface area contributed by atoms with Gasteiger partial charge in [0.1, 0.15) is 6.54 Å². The molecule has 0 aromatic heterocycles. The Morgan fingerprint density at radius 2 is 1.76 bits per heavy atom. The van der Waals surface area contributed by atoms with Crippen molar-refractivity contribution in [2.24, 2.45) is 0 Å². The summed E-state index contributed by atoms with van der Waals surface area (Å²) in [6, 6.07) is 3.63. The standard InChI is InChI=1S/C12H17NO4/c1-8-5-10(15-2)11(16-3)6-9(8)13-7-12(14)17-4/h5-6,13H,7H2,1-4H3. The first kappa shape index (κ1) is 13.2. The molecule has 0 atom stereocenters. The molecular formula is C12H17NO4. The number of carbonyl (C=O) groups is 1. The molecule has 0 radical (unpaired) electrons. The zero-order valence-corrected chi connectivity index (χ0v) is 10.5. The Morgan fingerprint density at radius 1 is 1.18 bits per heavy atom. The molecule has 0 unspecified atom stereocenters. The molecule has 0 saturated carbocycles. The number of hydrogen-bond acceptors (Lipinski definition) is 5. The van der Waals surface area contributed by atoms with E-state index in [0.29, 0.717) is 11.5 Å². The molecule has 0 heterocycles. The Labute approximate surface area is 101 Å². The number of rotatable bonds is 5. The van der Waals surface area contributed by atoms with Gasteiger partial charge in [-0.15, -0.1) is 0 Å². The molecule has 5 heteroatoms. The molecule has 17 heavy (non-hydrogen) atoms. The summed E-state index contributed by atoms with van der Waals surface area (Å²) in [7, 11) is 4.50. The Kier molecular flexibility index (Phi) is 4.63. The number of hydrogen-bond donors (Lipinski definition) is 1. The number of nitrogens with one attached hydrogen (secondary N) is 1. The molecule has 1 rings (SSSR count). The lowest BCUT2D eigenvalue weighted by atomic mass is 10.1. The molecule has 0 aliphatic rings. The molecule has 94 valence electrons. The van der Waals surface area contributed by atoms with Crippen LogP contribution in [0, 0.1) is 6.92 Å². The second kappa shape index (κ2) is 5.98. The molecule has 0 spiro atoms. The topological polar surface area (TPSA) is 56.8 Å². The highest BCUT2D eigenvalue weighted by Gasteiger charge is 2.09. The van der Waals surface area contributed by atoms with Crippen LogP contribution in [-0.2, 0) is 9.53 Å². The van der Waals surface area contributed by atoms with E-state index in [0.717, 1.165) is 11.3 Å².